The van der Waals surface area contributed by atoms with Gasteiger partial charge in [0.2, 0.25) is 0 Å². The molecular formula is C18H23N3O2S2. The molecule has 25 heavy (non-hydrogen) atoms. The quantitative estimate of drug-likeness (QED) is 0.565. The maximum absolute atomic E-state index is 12.1. The molecule has 1 aromatic carbocycles. The minimum atomic E-state index is -0.315. The van der Waals surface area contributed by atoms with Crippen LogP contribution in [0.1, 0.15) is 19.4 Å². The van der Waals surface area contributed by atoms with E-state index in [0.29, 0.717) is 11.4 Å². The van der Waals surface area contributed by atoms with Crippen LogP contribution < -0.4 is 10.2 Å². The highest BCUT2D eigenvalue weighted by Crippen LogP contribution is 2.42. The van der Waals surface area contributed by atoms with Crippen LogP contribution in [0.15, 0.2) is 34.2 Å². The Kier molecular flexibility index (Phi) is 6.37. The van der Waals surface area contributed by atoms with E-state index in [-0.39, 0.29) is 17.9 Å². The predicted octanol–water partition coefficient (Wildman–Crippen LogP) is 2.80. The predicted molar refractivity (Wildman–Crippen MR) is 110 cm³/mol. The molecule has 2 N–H and O–H groups in total. The third kappa shape index (κ3) is 4.11. The van der Waals surface area contributed by atoms with E-state index >= 15 is 0 Å². The van der Waals surface area contributed by atoms with Gasteiger partial charge in [-0.1, -0.05) is 26.1 Å². The first-order valence-electron chi connectivity index (χ1n) is 7.91. The van der Waals surface area contributed by atoms with Crippen LogP contribution in [0.5, 0.6) is 0 Å². The van der Waals surface area contributed by atoms with Gasteiger partial charge >= 0.3 is 0 Å². The summed E-state index contributed by atoms with van der Waals surface area (Å²) in [6.07, 6.45) is 3.68. The number of allylic oxidation sites excluding steroid dienone is 1. The van der Waals surface area contributed by atoms with Gasteiger partial charge in [0.1, 0.15) is 0 Å². The molecule has 0 bridgehead atoms. The Balaban J connectivity index is 2.38. The Labute approximate surface area is 158 Å². The Morgan fingerprint density at radius 2 is 2.20 bits per heavy atom. The van der Waals surface area contributed by atoms with Crippen molar-refractivity contribution in [3.8, 4) is 0 Å². The number of fused-ring (bicyclic) bond motifs is 1. The second-order valence-corrected chi connectivity index (χ2v) is 7.36. The van der Waals surface area contributed by atoms with Crippen LogP contribution in [-0.4, -0.2) is 48.7 Å². The molecular weight excluding hydrogens is 354 g/mol. The number of rotatable bonds is 7. The van der Waals surface area contributed by atoms with Gasteiger partial charge in [0.15, 0.2) is 0 Å². The largest absolute Gasteiger partial charge is 0.395 e. The third-order valence-electron chi connectivity index (χ3n) is 4.31. The SMILES string of the molecule is CS/C(=C\C1=Nc2ccc(N(C)CCO)cc2C1(C)C)C(=O)NC=S. The molecule has 5 nitrogen and oxygen atoms in total. The minimum Gasteiger partial charge on any atom is -0.395 e. The number of amides is 1. The highest BCUT2D eigenvalue weighted by molar-refractivity contribution is 8.03. The summed E-state index contributed by atoms with van der Waals surface area (Å²) in [6.45, 7) is 4.87. The highest BCUT2D eigenvalue weighted by Gasteiger charge is 2.34. The number of aliphatic hydroxyl groups is 1. The van der Waals surface area contributed by atoms with Gasteiger partial charge in [-0.3, -0.25) is 9.79 Å². The molecule has 0 radical (unpaired) electrons. The van der Waals surface area contributed by atoms with Crippen LogP contribution in [0.4, 0.5) is 11.4 Å². The third-order valence-corrected chi connectivity index (χ3v) is 5.17. The molecule has 1 aliphatic heterocycles. The standard InChI is InChI=1S/C18H23N3O2S2/c1-18(2)13-9-12(21(3)7-8-22)5-6-14(13)20-16(18)10-15(25-4)17(23)19-11-24/h5-6,9-11,22H,7-8H2,1-4H3,(H,19,23,24)/b15-10-. The molecule has 1 aliphatic rings. The zero-order chi connectivity index (χ0) is 18.6. The van der Waals surface area contributed by atoms with Crippen LogP contribution in [0, 0.1) is 0 Å². The van der Waals surface area contributed by atoms with E-state index in [9.17, 15) is 4.79 Å². The number of aliphatic hydroxyl groups excluding tert-OH is 1. The zero-order valence-electron chi connectivity index (χ0n) is 14.9. The van der Waals surface area contributed by atoms with Crippen molar-refractivity contribution in [3.63, 3.8) is 0 Å². The summed E-state index contributed by atoms with van der Waals surface area (Å²) in [5, 5.41) is 11.7. The number of carbonyl (C=O) groups is 1. The van der Waals surface area contributed by atoms with E-state index in [2.05, 4.69) is 25.2 Å². The lowest BCUT2D eigenvalue weighted by molar-refractivity contribution is -0.115. The van der Waals surface area contributed by atoms with E-state index < -0.39 is 0 Å². The second-order valence-electron chi connectivity index (χ2n) is 6.27. The summed E-state index contributed by atoms with van der Waals surface area (Å²) in [5.41, 5.74) is 4.79. The van der Waals surface area contributed by atoms with Crippen molar-refractivity contribution >= 4 is 52.5 Å². The number of benzene rings is 1. The fourth-order valence-electron chi connectivity index (χ4n) is 2.72. The van der Waals surface area contributed by atoms with Crippen molar-refractivity contribution < 1.29 is 9.90 Å². The van der Waals surface area contributed by atoms with Crippen molar-refractivity contribution in [1.29, 1.82) is 0 Å². The van der Waals surface area contributed by atoms with Gasteiger partial charge in [-0.15, -0.1) is 11.8 Å². The fraction of sp³-hybridized carbons (Fsp3) is 0.389. The summed E-state index contributed by atoms with van der Waals surface area (Å²) in [4.78, 5) is 19.4. The van der Waals surface area contributed by atoms with E-state index in [1.54, 1.807) is 0 Å². The van der Waals surface area contributed by atoms with Crippen molar-refractivity contribution in [2.24, 2.45) is 4.99 Å². The minimum absolute atomic E-state index is 0.105. The molecule has 0 fully saturated rings. The molecule has 1 heterocycles. The van der Waals surface area contributed by atoms with Crippen molar-refractivity contribution in [3.05, 3.63) is 34.7 Å². The van der Waals surface area contributed by atoms with Gasteiger partial charge in [0.25, 0.3) is 5.91 Å². The number of carbonyl (C=O) groups excluding carboxylic acids is 1. The summed E-state index contributed by atoms with van der Waals surface area (Å²) < 4.78 is 0. The normalized spacial score (nSPS) is 15.4. The molecule has 0 aromatic heterocycles. The average molecular weight is 378 g/mol. The van der Waals surface area contributed by atoms with Gasteiger partial charge in [-0.05, 0) is 36.1 Å². The lowest BCUT2D eigenvalue weighted by Crippen LogP contribution is -2.27. The number of hydrogen-bond donors (Lipinski definition) is 2. The Morgan fingerprint density at radius 3 is 2.80 bits per heavy atom. The number of thiocarbonyl (C=S) groups is 1. The zero-order valence-corrected chi connectivity index (χ0v) is 16.5. The number of nitrogens with zero attached hydrogens (tertiary/aromatic N) is 2. The van der Waals surface area contributed by atoms with Gasteiger partial charge in [0, 0.05) is 24.7 Å². The highest BCUT2D eigenvalue weighted by atomic mass is 32.2. The summed E-state index contributed by atoms with van der Waals surface area (Å²) in [7, 11) is 1.95. The average Bonchev–Trinajstić information content (AvgIpc) is 2.83. The Bertz CT molecular complexity index is 742. The van der Waals surface area contributed by atoms with Crippen LogP contribution in [0.25, 0.3) is 0 Å². The maximum Gasteiger partial charge on any atom is 0.262 e. The molecule has 0 saturated heterocycles. The Morgan fingerprint density at radius 1 is 1.48 bits per heavy atom. The van der Waals surface area contributed by atoms with Crippen LogP contribution >= 0.6 is 24.0 Å². The molecule has 0 unspecified atom stereocenters. The number of likely N-dealkylation sites (N-methyl/N-ethyl adjacent to an activating group) is 1. The first-order chi connectivity index (χ1) is 11.8. The molecule has 1 amide bonds. The molecule has 0 saturated carbocycles. The first kappa shape index (κ1) is 19.6. The summed E-state index contributed by atoms with van der Waals surface area (Å²) in [5.74, 6) is -0.222. The van der Waals surface area contributed by atoms with Crippen molar-refractivity contribution in [2.75, 3.05) is 31.4 Å². The van der Waals surface area contributed by atoms with E-state index in [0.717, 1.165) is 22.6 Å². The van der Waals surface area contributed by atoms with Crippen LogP contribution in [-0.2, 0) is 10.2 Å². The summed E-state index contributed by atoms with van der Waals surface area (Å²) >= 11 is 6.06. The topological polar surface area (TPSA) is 64.9 Å². The van der Waals surface area contributed by atoms with Crippen molar-refractivity contribution in [2.45, 2.75) is 19.3 Å². The monoisotopic (exact) mass is 377 g/mol. The molecule has 2 rings (SSSR count). The smallest absolute Gasteiger partial charge is 0.262 e. The molecule has 134 valence electrons. The summed E-state index contributed by atoms with van der Waals surface area (Å²) in [6, 6.07) is 6.08. The van der Waals surface area contributed by atoms with Crippen molar-refractivity contribution in [1.82, 2.24) is 5.32 Å². The van der Waals surface area contributed by atoms with E-state index in [4.69, 9.17) is 22.3 Å². The fourth-order valence-corrected chi connectivity index (χ4v) is 3.31. The van der Waals surface area contributed by atoms with Gasteiger partial charge in [0.05, 0.1) is 28.4 Å². The number of anilines is 1. The molecule has 0 aliphatic carbocycles. The molecule has 1 aromatic rings. The first-order valence-corrected chi connectivity index (χ1v) is 9.60. The number of aliphatic imine (C=N–C) groups is 1. The van der Waals surface area contributed by atoms with Gasteiger partial charge in [-0.25, -0.2) is 0 Å². The molecule has 7 heteroatoms. The lowest BCUT2D eigenvalue weighted by Gasteiger charge is -2.24. The van der Waals surface area contributed by atoms with Gasteiger partial charge < -0.3 is 15.3 Å². The number of thioether (sulfide) groups is 1. The van der Waals surface area contributed by atoms with Crippen LogP contribution in [0.3, 0.4) is 0 Å². The van der Waals surface area contributed by atoms with Crippen LogP contribution in [0.2, 0.25) is 0 Å². The second kappa shape index (κ2) is 8.12. The number of hydrogen-bond acceptors (Lipinski definition) is 6. The molecule has 0 atom stereocenters. The molecule has 0 spiro atoms. The van der Waals surface area contributed by atoms with E-state index in [1.165, 1.54) is 17.3 Å². The lowest BCUT2D eigenvalue weighted by atomic mass is 9.81. The maximum atomic E-state index is 12.1. The Hall–Kier alpha value is -1.70. The number of nitrogens with one attached hydrogen (secondary N) is 1. The van der Waals surface area contributed by atoms with E-state index in [1.807, 2.05) is 36.4 Å². The van der Waals surface area contributed by atoms with Gasteiger partial charge in [-0.2, -0.15) is 0 Å².